The van der Waals surface area contributed by atoms with Crippen molar-refractivity contribution in [3.05, 3.63) is 35.4 Å². The number of nitrogens with zero attached hydrogens (tertiary/aromatic N) is 2. The Bertz CT molecular complexity index is 440. The summed E-state index contributed by atoms with van der Waals surface area (Å²) in [4.78, 5) is 10.5. The summed E-state index contributed by atoms with van der Waals surface area (Å²) in [5.41, 5.74) is 3.43. The molecule has 0 amide bonds. The highest BCUT2D eigenvalue weighted by atomic mass is 16.4. The van der Waals surface area contributed by atoms with Gasteiger partial charge in [-0.05, 0) is 18.4 Å². The fourth-order valence-corrected chi connectivity index (χ4v) is 1.95. The molecule has 0 aromatic heterocycles. The van der Waals surface area contributed by atoms with E-state index in [-0.39, 0.29) is 6.54 Å². The minimum atomic E-state index is -0.863. The summed E-state index contributed by atoms with van der Waals surface area (Å²) in [7, 11) is 1.68. The molecule has 84 valence electrons. The molecular formula is C12H14N2O2. The molecule has 0 aliphatic heterocycles. The van der Waals surface area contributed by atoms with E-state index in [0.717, 1.165) is 24.1 Å². The summed E-state index contributed by atoms with van der Waals surface area (Å²) in [6, 6.07) is 8.13. The van der Waals surface area contributed by atoms with Crippen molar-refractivity contribution in [2.75, 3.05) is 13.6 Å². The van der Waals surface area contributed by atoms with Crippen molar-refractivity contribution in [1.82, 2.24) is 5.01 Å². The first-order chi connectivity index (χ1) is 7.66. The summed E-state index contributed by atoms with van der Waals surface area (Å²) in [5.74, 6) is -0.863. The predicted octanol–water partition coefficient (Wildman–Crippen LogP) is 1.35. The molecule has 0 heterocycles. The lowest BCUT2D eigenvalue weighted by atomic mass is 10.1. The standard InChI is InChI=1S/C12H14N2O2/c1-14(8-12(15)16)13-11-7-6-9-4-2-3-5-10(9)11/h2-5H,6-8H2,1H3,(H,15,16)/b13-11+. The number of carboxylic acids is 1. The van der Waals surface area contributed by atoms with Gasteiger partial charge >= 0.3 is 5.97 Å². The number of aliphatic carboxylic acids is 1. The molecule has 2 rings (SSSR count). The Labute approximate surface area is 94.2 Å². The Morgan fingerprint density at radius 3 is 2.94 bits per heavy atom. The molecule has 4 heteroatoms. The minimum absolute atomic E-state index is 0.0638. The molecule has 0 unspecified atom stereocenters. The van der Waals surface area contributed by atoms with Crippen LogP contribution in [0.3, 0.4) is 0 Å². The van der Waals surface area contributed by atoms with E-state index < -0.39 is 5.97 Å². The molecule has 0 saturated carbocycles. The Kier molecular flexibility index (Phi) is 2.90. The van der Waals surface area contributed by atoms with E-state index in [9.17, 15) is 4.79 Å². The second-order valence-corrected chi connectivity index (χ2v) is 3.91. The Morgan fingerprint density at radius 1 is 1.44 bits per heavy atom. The van der Waals surface area contributed by atoms with Crippen LogP contribution < -0.4 is 0 Å². The Hall–Kier alpha value is -1.84. The number of benzene rings is 1. The van der Waals surface area contributed by atoms with Gasteiger partial charge in [0.15, 0.2) is 0 Å². The van der Waals surface area contributed by atoms with Crippen LogP contribution >= 0.6 is 0 Å². The number of carbonyl (C=O) groups is 1. The molecule has 0 bridgehead atoms. The fourth-order valence-electron chi connectivity index (χ4n) is 1.95. The minimum Gasteiger partial charge on any atom is -0.480 e. The van der Waals surface area contributed by atoms with E-state index >= 15 is 0 Å². The van der Waals surface area contributed by atoms with Crippen LogP contribution in [0.2, 0.25) is 0 Å². The largest absolute Gasteiger partial charge is 0.480 e. The number of likely N-dealkylation sites (N-methyl/N-ethyl adjacent to an activating group) is 1. The van der Waals surface area contributed by atoms with E-state index in [0.29, 0.717) is 0 Å². The number of hydrogen-bond donors (Lipinski definition) is 1. The Morgan fingerprint density at radius 2 is 2.19 bits per heavy atom. The summed E-state index contributed by atoms with van der Waals surface area (Å²) in [5, 5.41) is 14.4. The van der Waals surface area contributed by atoms with E-state index in [4.69, 9.17) is 5.11 Å². The van der Waals surface area contributed by atoms with Crippen LogP contribution in [0.1, 0.15) is 17.5 Å². The zero-order chi connectivity index (χ0) is 11.5. The van der Waals surface area contributed by atoms with Gasteiger partial charge in [-0.15, -0.1) is 0 Å². The first-order valence-corrected chi connectivity index (χ1v) is 5.25. The van der Waals surface area contributed by atoms with Crippen molar-refractivity contribution in [2.45, 2.75) is 12.8 Å². The third kappa shape index (κ3) is 2.21. The molecular weight excluding hydrogens is 204 g/mol. The monoisotopic (exact) mass is 218 g/mol. The highest BCUT2D eigenvalue weighted by molar-refractivity contribution is 6.04. The number of fused-ring (bicyclic) bond motifs is 1. The van der Waals surface area contributed by atoms with Crippen LogP contribution in [0.15, 0.2) is 29.4 Å². The number of carboxylic acid groups (broad SMARTS) is 1. The lowest BCUT2D eigenvalue weighted by molar-refractivity contribution is -0.137. The van der Waals surface area contributed by atoms with Crippen molar-refractivity contribution in [1.29, 1.82) is 0 Å². The molecule has 0 spiro atoms. The molecule has 0 fully saturated rings. The summed E-state index contributed by atoms with van der Waals surface area (Å²) < 4.78 is 0. The van der Waals surface area contributed by atoms with Crippen LogP contribution in [0.5, 0.6) is 0 Å². The maximum absolute atomic E-state index is 10.5. The van der Waals surface area contributed by atoms with Gasteiger partial charge in [-0.1, -0.05) is 24.3 Å². The topological polar surface area (TPSA) is 52.9 Å². The first-order valence-electron chi connectivity index (χ1n) is 5.25. The van der Waals surface area contributed by atoms with Gasteiger partial charge in [0.2, 0.25) is 0 Å². The van der Waals surface area contributed by atoms with E-state index in [1.807, 2.05) is 18.2 Å². The lowest BCUT2D eigenvalue weighted by Gasteiger charge is -2.11. The van der Waals surface area contributed by atoms with Crippen LogP contribution in [0.25, 0.3) is 0 Å². The van der Waals surface area contributed by atoms with Crippen molar-refractivity contribution in [3.8, 4) is 0 Å². The zero-order valence-corrected chi connectivity index (χ0v) is 9.18. The van der Waals surface area contributed by atoms with Crippen LogP contribution in [0.4, 0.5) is 0 Å². The SMILES string of the molecule is CN(CC(=O)O)/N=C1\CCc2ccccc21. The zero-order valence-electron chi connectivity index (χ0n) is 9.18. The molecule has 1 aromatic carbocycles. The molecule has 1 aliphatic carbocycles. The Balaban J connectivity index is 2.18. The van der Waals surface area contributed by atoms with E-state index in [1.54, 1.807) is 7.05 Å². The van der Waals surface area contributed by atoms with Gasteiger partial charge in [-0.3, -0.25) is 9.80 Å². The lowest BCUT2D eigenvalue weighted by Crippen LogP contribution is -2.22. The highest BCUT2D eigenvalue weighted by Gasteiger charge is 2.17. The second kappa shape index (κ2) is 4.35. The number of rotatable bonds is 3. The van der Waals surface area contributed by atoms with Gasteiger partial charge in [-0.2, -0.15) is 5.10 Å². The van der Waals surface area contributed by atoms with E-state index in [1.165, 1.54) is 10.6 Å². The third-order valence-corrected chi connectivity index (χ3v) is 2.61. The first kappa shape index (κ1) is 10.7. The van der Waals surface area contributed by atoms with Crippen molar-refractivity contribution < 1.29 is 9.90 Å². The number of hydrogen-bond acceptors (Lipinski definition) is 3. The van der Waals surface area contributed by atoms with Crippen molar-refractivity contribution >= 4 is 11.7 Å². The van der Waals surface area contributed by atoms with Gasteiger partial charge < -0.3 is 5.11 Å². The second-order valence-electron chi connectivity index (χ2n) is 3.91. The van der Waals surface area contributed by atoms with Crippen molar-refractivity contribution in [3.63, 3.8) is 0 Å². The smallest absolute Gasteiger partial charge is 0.324 e. The molecule has 1 N–H and O–H groups in total. The highest BCUT2D eigenvalue weighted by Crippen LogP contribution is 2.22. The molecule has 1 aliphatic rings. The maximum atomic E-state index is 10.5. The average Bonchev–Trinajstić information content (AvgIpc) is 2.61. The normalized spacial score (nSPS) is 16.2. The van der Waals surface area contributed by atoms with Crippen molar-refractivity contribution in [2.24, 2.45) is 5.10 Å². The van der Waals surface area contributed by atoms with Gasteiger partial charge in [0.25, 0.3) is 0 Å². The molecule has 16 heavy (non-hydrogen) atoms. The van der Waals surface area contributed by atoms with Crippen LogP contribution in [0, 0.1) is 0 Å². The maximum Gasteiger partial charge on any atom is 0.324 e. The predicted molar refractivity (Wildman–Crippen MR) is 61.6 cm³/mol. The third-order valence-electron chi connectivity index (χ3n) is 2.61. The van der Waals surface area contributed by atoms with E-state index in [2.05, 4.69) is 11.2 Å². The van der Waals surface area contributed by atoms with Crippen LogP contribution in [-0.4, -0.2) is 35.4 Å². The summed E-state index contributed by atoms with van der Waals surface area (Å²) in [6.45, 7) is -0.0638. The number of aryl methyl sites for hydroxylation is 1. The number of hydrazone groups is 1. The molecule has 0 radical (unpaired) electrons. The van der Waals surface area contributed by atoms with Gasteiger partial charge in [0, 0.05) is 12.6 Å². The molecule has 0 saturated heterocycles. The van der Waals surface area contributed by atoms with Crippen LogP contribution in [-0.2, 0) is 11.2 Å². The van der Waals surface area contributed by atoms with Gasteiger partial charge in [-0.25, -0.2) is 0 Å². The summed E-state index contributed by atoms with van der Waals surface area (Å²) >= 11 is 0. The average molecular weight is 218 g/mol. The molecule has 1 aromatic rings. The van der Waals surface area contributed by atoms with Gasteiger partial charge in [0.05, 0.1) is 5.71 Å². The molecule has 4 nitrogen and oxygen atoms in total. The quantitative estimate of drug-likeness (QED) is 0.779. The van der Waals surface area contributed by atoms with Gasteiger partial charge in [0.1, 0.15) is 6.54 Å². The molecule has 0 atom stereocenters. The fraction of sp³-hybridized carbons (Fsp3) is 0.333. The summed E-state index contributed by atoms with van der Waals surface area (Å²) in [6.07, 6.45) is 1.89.